The standard InChI is InChI=1S/C11H21N3O3S/c12-11(13)5-6-14(9-3-4-9)18(15,16)8-10-2-1-7-17-10/h9-10H,1-8H2,(H3,12,13). The number of nitrogens with zero attached hydrogens (tertiary/aromatic N) is 1. The highest BCUT2D eigenvalue weighted by molar-refractivity contribution is 7.89. The Kier molecular flexibility index (Phi) is 4.24. The van der Waals surface area contributed by atoms with Crippen LogP contribution in [0.25, 0.3) is 0 Å². The molecule has 1 aliphatic heterocycles. The first-order chi connectivity index (χ1) is 8.49. The van der Waals surface area contributed by atoms with Crippen molar-refractivity contribution in [3.63, 3.8) is 0 Å². The van der Waals surface area contributed by atoms with Gasteiger partial charge in [-0.1, -0.05) is 0 Å². The molecule has 0 aromatic carbocycles. The number of amidine groups is 1. The normalized spacial score (nSPS) is 24.6. The molecule has 2 aliphatic rings. The molecule has 0 radical (unpaired) electrons. The lowest BCUT2D eigenvalue weighted by molar-refractivity contribution is 0.126. The van der Waals surface area contributed by atoms with Gasteiger partial charge in [0, 0.05) is 25.6 Å². The van der Waals surface area contributed by atoms with Crippen LogP contribution >= 0.6 is 0 Å². The zero-order valence-corrected chi connectivity index (χ0v) is 11.3. The van der Waals surface area contributed by atoms with E-state index >= 15 is 0 Å². The molecule has 0 aromatic rings. The van der Waals surface area contributed by atoms with Crippen LogP contribution in [0.5, 0.6) is 0 Å². The van der Waals surface area contributed by atoms with Crippen molar-refractivity contribution in [2.45, 2.75) is 44.2 Å². The Balaban J connectivity index is 1.96. The summed E-state index contributed by atoms with van der Waals surface area (Å²) in [5.41, 5.74) is 5.31. The fourth-order valence-corrected chi connectivity index (χ4v) is 4.21. The average molecular weight is 275 g/mol. The first-order valence-electron chi connectivity index (χ1n) is 6.43. The van der Waals surface area contributed by atoms with Gasteiger partial charge in [0.1, 0.15) is 0 Å². The predicted octanol–water partition coefficient (Wildman–Crippen LogP) is 0.286. The molecule has 1 saturated heterocycles. The fraction of sp³-hybridized carbons (Fsp3) is 0.909. The second kappa shape index (κ2) is 5.54. The second-order valence-electron chi connectivity index (χ2n) is 5.03. The molecule has 0 aromatic heterocycles. The minimum Gasteiger partial charge on any atom is -0.388 e. The lowest BCUT2D eigenvalue weighted by atomic mass is 10.3. The van der Waals surface area contributed by atoms with Gasteiger partial charge in [-0.15, -0.1) is 0 Å². The summed E-state index contributed by atoms with van der Waals surface area (Å²) in [6, 6.07) is 0.121. The average Bonchev–Trinajstić information content (AvgIpc) is 2.96. The SMILES string of the molecule is N=C(N)CCN(C1CC1)S(=O)(=O)CC1CCCO1. The van der Waals surface area contributed by atoms with Crippen molar-refractivity contribution in [3.8, 4) is 0 Å². The molecule has 1 aliphatic carbocycles. The monoisotopic (exact) mass is 275 g/mol. The number of hydrogen-bond acceptors (Lipinski definition) is 4. The molecule has 1 heterocycles. The number of ether oxygens (including phenoxy) is 1. The highest BCUT2D eigenvalue weighted by Gasteiger charge is 2.38. The Morgan fingerprint density at radius 3 is 2.61 bits per heavy atom. The van der Waals surface area contributed by atoms with Gasteiger partial charge >= 0.3 is 0 Å². The molecule has 2 fully saturated rings. The Labute approximate surface area is 108 Å². The van der Waals surface area contributed by atoms with E-state index < -0.39 is 10.0 Å². The van der Waals surface area contributed by atoms with Crippen LogP contribution in [0.15, 0.2) is 0 Å². The van der Waals surface area contributed by atoms with Gasteiger partial charge in [-0.05, 0) is 25.7 Å². The van der Waals surface area contributed by atoms with E-state index in [1.807, 2.05) is 0 Å². The molecule has 0 spiro atoms. The molecule has 7 heteroatoms. The van der Waals surface area contributed by atoms with Gasteiger partial charge in [0.05, 0.1) is 17.7 Å². The molecular formula is C11H21N3O3S. The predicted molar refractivity (Wildman–Crippen MR) is 69.0 cm³/mol. The summed E-state index contributed by atoms with van der Waals surface area (Å²) in [5, 5.41) is 7.21. The minimum atomic E-state index is -3.28. The quantitative estimate of drug-likeness (QED) is 0.515. The molecule has 1 atom stereocenters. The lowest BCUT2D eigenvalue weighted by Gasteiger charge is -2.23. The summed E-state index contributed by atoms with van der Waals surface area (Å²) in [7, 11) is -3.28. The van der Waals surface area contributed by atoms with Crippen molar-refractivity contribution in [2.24, 2.45) is 5.73 Å². The van der Waals surface area contributed by atoms with E-state index in [1.165, 1.54) is 4.31 Å². The molecule has 0 amide bonds. The van der Waals surface area contributed by atoms with E-state index in [0.29, 0.717) is 19.6 Å². The van der Waals surface area contributed by atoms with Crippen LogP contribution < -0.4 is 5.73 Å². The zero-order valence-electron chi connectivity index (χ0n) is 10.5. The van der Waals surface area contributed by atoms with Crippen molar-refractivity contribution in [1.82, 2.24) is 4.31 Å². The summed E-state index contributed by atoms with van der Waals surface area (Å²) < 4.78 is 31.5. The minimum absolute atomic E-state index is 0.0352. The van der Waals surface area contributed by atoms with Crippen molar-refractivity contribution in [1.29, 1.82) is 5.41 Å². The second-order valence-corrected chi connectivity index (χ2v) is 7.00. The number of sulfonamides is 1. The number of rotatable bonds is 7. The Bertz CT molecular complexity index is 400. The Morgan fingerprint density at radius 1 is 1.39 bits per heavy atom. The van der Waals surface area contributed by atoms with Gasteiger partial charge in [0.15, 0.2) is 0 Å². The summed E-state index contributed by atoms with van der Waals surface area (Å²) in [4.78, 5) is 0. The van der Waals surface area contributed by atoms with Crippen molar-refractivity contribution < 1.29 is 13.2 Å². The van der Waals surface area contributed by atoms with Gasteiger partial charge < -0.3 is 10.5 Å². The smallest absolute Gasteiger partial charge is 0.216 e. The van der Waals surface area contributed by atoms with Crippen molar-refractivity contribution in [2.75, 3.05) is 18.9 Å². The van der Waals surface area contributed by atoms with E-state index in [1.54, 1.807) is 0 Å². The topological polar surface area (TPSA) is 96.5 Å². The van der Waals surface area contributed by atoms with Gasteiger partial charge in [-0.2, -0.15) is 4.31 Å². The van der Waals surface area contributed by atoms with Gasteiger partial charge in [-0.25, -0.2) is 8.42 Å². The molecule has 6 nitrogen and oxygen atoms in total. The molecule has 104 valence electrons. The number of nitrogens with two attached hydrogens (primary N) is 1. The molecule has 2 rings (SSSR count). The summed E-state index contributed by atoms with van der Waals surface area (Å²) in [5.74, 6) is 0.106. The van der Waals surface area contributed by atoms with Crippen LogP contribution in [0, 0.1) is 5.41 Å². The van der Waals surface area contributed by atoms with E-state index in [4.69, 9.17) is 15.9 Å². The third-order valence-corrected chi connectivity index (χ3v) is 5.32. The summed E-state index contributed by atoms with van der Waals surface area (Å²) >= 11 is 0. The molecule has 18 heavy (non-hydrogen) atoms. The largest absolute Gasteiger partial charge is 0.388 e. The summed E-state index contributed by atoms with van der Waals surface area (Å²) in [6.45, 7) is 0.992. The van der Waals surface area contributed by atoms with E-state index in [2.05, 4.69) is 0 Å². The van der Waals surface area contributed by atoms with E-state index in [-0.39, 0.29) is 23.7 Å². The molecular weight excluding hydrogens is 254 g/mol. The third kappa shape index (κ3) is 3.66. The van der Waals surface area contributed by atoms with Crippen LogP contribution in [0.4, 0.5) is 0 Å². The lowest BCUT2D eigenvalue weighted by Crippen LogP contribution is -2.39. The molecule has 0 bridgehead atoms. The van der Waals surface area contributed by atoms with Crippen molar-refractivity contribution >= 4 is 15.9 Å². The maximum Gasteiger partial charge on any atom is 0.216 e. The highest BCUT2D eigenvalue weighted by Crippen LogP contribution is 2.30. The van der Waals surface area contributed by atoms with Gasteiger partial charge in [0.25, 0.3) is 0 Å². The van der Waals surface area contributed by atoms with Crippen molar-refractivity contribution in [3.05, 3.63) is 0 Å². The maximum absolute atomic E-state index is 12.3. The third-order valence-electron chi connectivity index (χ3n) is 3.33. The number of nitrogens with one attached hydrogen (secondary N) is 1. The zero-order chi connectivity index (χ0) is 13.2. The Morgan fingerprint density at radius 2 is 2.11 bits per heavy atom. The van der Waals surface area contributed by atoms with Crippen LogP contribution in [-0.4, -0.2) is 49.6 Å². The highest BCUT2D eigenvalue weighted by atomic mass is 32.2. The Hall–Kier alpha value is -0.660. The fourth-order valence-electron chi connectivity index (χ4n) is 2.25. The van der Waals surface area contributed by atoms with Gasteiger partial charge in [0.2, 0.25) is 10.0 Å². The first kappa shape index (κ1) is 13.8. The molecule has 1 saturated carbocycles. The van der Waals surface area contributed by atoms with E-state index in [9.17, 15) is 8.42 Å². The maximum atomic E-state index is 12.3. The van der Waals surface area contributed by atoms with Crippen LogP contribution in [0.3, 0.4) is 0 Å². The number of hydrogen-bond donors (Lipinski definition) is 2. The van der Waals surface area contributed by atoms with Crippen LogP contribution in [0.2, 0.25) is 0 Å². The summed E-state index contributed by atoms with van der Waals surface area (Å²) in [6.07, 6.45) is 3.75. The molecule has 1 unspecified atom stereocenters. The van der Waals surface area contributed by atoms with Crippen LogP contribution in [0.1, 0.15) is 32.1 Å². The van der Waals surface area contributed by atoms with Gasteiger partial charge in [-0.3, -0.25) is 5.41 Å². The first-order valence-corrected chi connectivity index (χ1v) is 8.04. The van der Waals surface area contributed by atoms with E-state index in [0.717, 1.165) is 25.7 Å². The van der Waals surface area contributed by atoms with Crippen LogP contribution in [-0.2, 0) is 14.8 Å². The molecule has 3 N–H and O–H groups in total.